The van der Waals surface area contributed by atoms with Crippen LogP contribution in [0.4, 0.5) is 4.39 Å². The van der Waals surface area contributed by atoms with Crippen molar-refractivity contribution >= 4 is 17.8 Å². The predicted molar refractivity (Wildman–Crippen MR) is 134 cm³/mol. The number of nitrogens with two attached hydrogens (primary N) is 1. The van der Waals surface area contributed by atoms with E-state index >= 15 is 4.39 Å². The molecule has 0 unspecified atom stereocenters. The number of aliphatic hydroxyl groups excluding tert-OH is 2. The lowest BCUT2D eigenvalue weighted by atomic mass is 9.71. The molecule has 36 heavy (non-hydrogen) atoms. The molecular formula is C27H41FN2O6. The van der Waals surface area contributed by atoms with Crippen molar-refractivity contribution in [3.63, 3.8) is 0 Å². The fourth-order valence-corrected chi connectivity index (χ4v) is 4.46. The van der Waals surface area contributed by atoms with E-state index in [9.17, 15) is 19.8 Å². The standard InChI is InChI=1S/C27H41FN2O6/c1-6-19-25(33)17(3)9-7-8-16(2)10-11-21(20(28)12-18-15-35-23(14-29)30-18)36-24(32)13-22(31)27(4,5)26(19)34/h10,12,15,17,19,21-22,25,31,33H,6-9,11,13-14,29H2,1-5H3/t17-,19+,21-,22-,25-/m0/s1. The van der Waals surface area contributed by atoms with E-state index in [1.807, 2.05) is 26.8 Å². The Morgan fingerprint density at radius 3 is 2.64 bits per heavy atom. The quantitative estimate of drug-likeness (QED) is 0.406. The minimum Gasteiger partial charge on any atom is -0.455 e. The molecule has 0 aromatic carbocycles. The fourth-order valence-electron chi connectivity index (χ4n) is 4.46. The number of nitrogens with zero attached hydrogens (tertiary/aromatic N) is 1. The normalized spacial score (nSPS) is 29.5. The molecule has 2 rings (SSSR count). The summed E-state index contributed by atoms with van der Waals surface area (Å²) < 4.78 is 25.7. The van der Waals surface area contributed by atoms with E-state index in [0.29, 0.717) is 12.8 Å². The van der Waals surface area contributed by atoms with Gasteiger partial charge in [-0.05, 0) is 38.5 Å². The molecule has 0 saturated heterocycles. The van der Waals surface area contributed by atoms with E-state index in [-0.39, 0.29) is 36.3 Å². The highest BCUT2D eigenvalue weighted by atomic mass is 19.1. The lowest BCUT2D eigenvalue weighted by molar-refractivity contribution is -0.155. The first kappa shape index (κ1) is 29.9. The van der Waals surface area contributed by atoms with Gasteiger partial charge in [0.1, 0.15) is 23.6 Å². The van der Waals surface area contributed by atoms with Crippen LogP contribution >= 0.6 is 0 Å². The summed E-state index contributed by atoms with van der Waals surface area (Å²) in [6.07, 6.45) is 2.99. The molecule has 1 aromatic rings. The molecule has 0 amide bonds. The Bertz CT molecular complexity index is 954. The van der Waals surface area contributed by atoms with Crippen LogP contribution in [0.25, 0.3) is 6.08 Å². The Morgan fingerprint density at radius 2 is 2.03 bits per heavy atom. The zero-order valence-corrected chi connectivity index (χ0v) is 22.0. The van der Waals surface area contributed by atoms with Gasteiger partial charge in [0.25, 0.3) is 0 Å². The van der Waals surface area contributed by atoms with E-state index in [0.717, 1.165) is 24.5 Å². The number of ether oxygens (including phenoxy) is 1. The van der Waals surface area contributed by atoms with Gasteiger partial charge in [-0.2, -0.15) is 0 Å². The number of rotatable bonds is 4. The topological polar surface area (TPSA) is 136 Å². The number of allylic oxidation sites excluding steroid dienone is 1. The number of esters is 1. The van der Waals surface area contributed by atoms with Crippen LogP contribution in [-0.4, -0.2) is 45.3 Å². The lowest BCUT2D eigenvalue weighted by Gasteiger charge is -2.35. The van der Waals surface area contributed by atoms with Gasteiger partial charge in [0.2, 0.25) is 5.89 Å². The number of halogens is 1. The SMILES string of the molecule is CC[C@H]1C(=O)C(C)(C)[C@@H](O)CC(=O)O[C@H](C(F)=Cc2coc(CN)n2)CC=C(C)CCC[C@H](C)[C@@H]1O. The monoisotopic (exact) mass is 508 g/mol. The summed E-state index contributed by atoms with van der Waals surface area (Å²) in [5, 5.41) is 21.7. The average molecular weight is 509 g/mol. The number of carbonyl (C=O) groups is 2. The van der Waals surface area contributed by atoms with E-state index in [1.165, 1.54) is 6.26 Å². The molecular weight excluding hydrogens is 467 g/mol. The number of cyclic esters (lactones) is 1. The number of ketones is 1. The zero-order chi connectivity index (χ0) is 27.0. The van der Waals surface area contributed by atoms with Crippen molar-refractivity contribution in [2.45, 2.75) is 98.0 Å². The highest BCUT2D eigenvalue weighted by Crippen LogP contribution is 2.34. The average Bonchev–Trinajstić information content (AvgIpc) is 3.28. The first-order chi connectivity index (χ1) is 16.9. The molecule has 202 valence electrons. The molecule has 5 atom stereocenters. The number of carbonyl (C=O) groups excluding carboxylic acids is 2. The van der Waals surface area contributed by atoms with Crippen LogP contribution in [0, 0.1) is 17.3 Å². The van der Waals surface area contributed by atoms with Gasteiger partial charge in [-0.1, -0.05) is 39.3 Å². The minimum atomic E-state index is -1.37. The summed E-state index contributed by atoms with van der Waals surface area (Å²) in [6, 6.07) is 0. The fraction of sp³-hybridized carbons (Fsp3) is 0.667. The third-order valence-corrected chi connectivity index (χ3v) is 7.12. The van der Waals surface area contributed by atoms with Crippen molar-refractivity contribution in [2.24, 2.45) is 23.0 Å². The van der Waals surface area contributed by atoms with Crippen LogP contribution in [-0.2, 0) is 20.9 Å². The molecule has 0 saturated carbocycles. The van der Waals surface area contributed by atoms with E-state index < -0.39 is 47.9 Å². The number of aliphatic hydroxyl groups is 2. The third kappa shape index (κ3) is 7.82. The van der Waals surface area contributed by atoms with Gasteiger partial charge in [-0.25, -0.2) is 9.37 Å². The Labute approximate surface area is 212 Å². The largest absolute Gasteiger partial charge is 0.455 e. The van der Waals surface area contributed by atoms with Crippen LogP contribution in [0.5, 0.6) is 0 Å². The number of hydrogen-bond acceptors (Lipinski definition) is 8. The molecule has 1 aliphatic rings. The van der Waals surface area contributed by atoms with Crippen LogP contribution in [0.15, 0.2) is 28.2 Å². The van der Waals surface area contributed by atoms with Gasteiger partial charge in [-0.3, -0.25) is 9.59 Å². The van der Waals surface area contributed by atoms with Gasteiger partial charge in [0.05, 0.1) is 30.6 Å². The van der Waals surface area contributed by atoms with Gasteiger partial charge in [0.15, 0.2) is 6.10 Å². The summed E-state index contributed by atoms with van der Waals surface area (Å²) in [5.74, 6) is -2.40. The highest BCUT2D eigenvalue weighted by Gasteiger charge is 2.43. The maximum atomic E-state index is 15.2. The first-order valence-corrected chi connectivity index (χ1v) is 12.7. The molecule has 1 aromatic heterocycles. The van der Waals surface area contributed by atoms with Gasteiger partial charge in [-0.15, -0.1) is 0 Å². The summed E-state index contributed by atoms with van der Waals surface area (Å²) in [7, 11) is 0. The summed E-state index contributed by atoms with van der Waals surface area (Å²) in [4.78, 5) is 30.1. The maximum Gasteiger partial charge on any atom is 0.309 e. The van der Waals surface area contributed by atoms with E-state index in [2.05, 4.69) is 4.98 Å². The van der Waals surface area contributed by atoms with E-state index in [4.69, 9.17) is 14.9 Å². The Kier molecular flexibility index (Phi) is 11.0. The summed E-state index contributed by atoms with van der Waals surface area (Å²) in [6.45, 7) is 8.84. The van der Waals surface area contributed by atoms with Crippen molar-refractivity contribution in [2.75, 3.05) is 0 Å². The molecule has 2 heterocycles. The second kappa shape index (κ2) is 13.3. The van der Waals surface area contributed by atoms with Crippen molar-refractivity contribution in [1.82, 2.24) is 4.98 Å². The second-order valence-electron chi connectivity index (χ2n) is 10.3. The highest BCUT2D eigenvalue weighted by molar-refractivity contribution is 5.88. The summed E-state index contributed by atoms with van der Waals surface area (Å²) in [5.41, 5.74) is 5.38. The molecule has 0 spiro atoms. The molecule has 8 nitrogen and oxygen atoms in total. The van der Waals surface area contributed by atoms with Crippen molar-refractivity contribution < 1.29 is 33.3 Å². The number of oxazole rings is 1. The molecule has 0 fully saturated rings. The first-order valence-electron chi connectivity index (χ1n) is 12.7. The predicted octanol–water partition coefficient (Wildman–Crippen LogP) is 4.25. The maximum absolute atomic E-state index is 15.2. The summed E-state index contributed by atoms with van der Waals surface area (Å²) >= 11 is 0. The van der Waals surface area contributed by atoms with Crippen molar-refractivity contribution in [1.29, 1.82) is 0 Å². The van der Waals surface area contributed by atoms with E-state index in [1.54, 1.807) is 13.8 Å². The zero-order valence-electron chi connectivity index (χ0n) is 22.0. The van der Waals surface area contributed by atoms with Crippen molar-refractivity contribution in [3.8, 4) is 0 Å². The third-order valence-electron chi connectivity index (χ3n) is 7.12. The van der Waals surface area contributed by atoms with Gasteiger partial charge < -0.3 is 25.1 Å². The Morgan fingerprint density at radius 1 is 1.33 bits per heavy atom. The molecule has 9 heteroatoms. The molecule has 0 bridgehead atoms. The molecule has 0 aliphatic carbocycles. The molecule has 0 radical (unpaired) electrons. The smallest absolute Gasteiger partial charge is 0.309 e. The molecule has 4 N–H and O–H groups in total. The van der Waals surface area contributed by atoms with Gasteiger partial charge >= 0.3 is 5.97 Å². The Balaban J connectivity index is 2.35. The number of hydrogen-bond donors (Lipinski definition) is 3. The molecule has 1 aliphatic heterocycles. The van der Waals surface area contributed by atoms with Crippen LogP contribution < -0.4 is 5.73 Å². The lowest BCUT2D eigenvalue weighted by Crippen LogP contribution is -2.46. The number of Topliss-reactive ketones (excluding diaryl/α,β-unsaturated/α-hetero) is 1. The van der Waals surface area contributed by atoms with Crippen molar-refractivity contribution in [3.05, 3.63) is 35.3 Å². The van der Waals surface area contributed by atoms with Gasteiger partial charge in [0, 0.05) is 18.4 Å². The van der Waals surface area contributed by atoms with Crippen LogP contribution in [0.3, 0.4) is 0 Å². The van der Waals surface area contributed by atoms with Crippen LogP contribution in [0.2, 0.25) is 0 Å². The second-order valence-corrected chi connectivity index (χ2v) is 10.3. The minimum absolute atomic E-state index is 0.0662. The number of aromatic nitrogens is 1. The Hall–Kier alpha value is -2.36. The van der Waals surface area contributed by atoms with Crippen LogP contribution in [0.1, 0.15) is 84.7 Å².